The van der Waals surface area contributed by atoms with Crippen molar-refractivity contribution in [2.45, 2.75) is 32.2 Å². The van der Waals surface area contributed by atoms with E-state index in [0.717, 1.165) is 33.8 Å². The number of aryl methyl sites for hydroxylation is 1. The number of aromatic nitrogens is 1. The van der Waals surface area contributed by atoms with Crippen LogP contribution in [0.15, 0.2) is 18.2 Å². The van der Waals surface area contributed by atoms with Crippen LogP contribution in [0.2, 0.25) is 0 Å². The number of benzene rings is 1. The van der Waals surface area contributed by atoms with Crippen LogP contribution in [0.3, 0.4) is 0 Å². The van der Waals surface area contributed by atoms with Crippen LogP contribution >= 0.6 is 11.3 Å². The molecule has 0 saturated heterocycles. The number of carbonyl (C=O) groups is 1. The van der Waals surface area contributed by atoms with Crippen molar-refractivity contribution in [3.63, 3.8) is 0 Å². The smallest absolute Gasteiger partial charge is 0.229 e. The van der Waals surface area contributed by atoms with Crippen molar-refractivity contribution in [1.82, 2.24) is 4.98 Å². The Morgan fingerprint density at radius 3 is 2.95 bits per heavy atom. The quantitative estimate of drug-likeness (QED) is 0.896. The summed E-state index contributed by atoms with van der Waals surface area (Å²) in [6.07, 6.45) is 3.48. The second-order valence-corrected chi connectivity index (χ2v) is 7.58. The van der Waals surface area contributed by atoms with Gasteiger partial charge < -0.3 is 11.1 Å². The molecule has 2 aliphatic rings. The van der Waals surface area contributed by atoms with Crippen molar-refractivity contribution >= 4 is 33.1 Å². The molecule has 5 heteroatoms. The number of carbonyl (C=O) groups excluding carboxylic acids is 1. The number of thiazole rings is 1. The number of nitrogens with two attached hydrogens (primary N) is 1. The predicted molar refractivity (Wildman–Crippen MR) is 85.3 cm³/mol. The lowest BCUT2D eigenvalue weighted by molar-refractivity contribution is -0.121. The standard InChI is InChI=1S/C16H19N3OS/c1-8-18-12-5-4-11(7-13(12)21-8)19-16(20)14-9-2-3-10(6-9)15(14)17/h4-5,7,9-10,14-15H,2-3,6,17H2,1H3,(H,19,20). The number of nitrogens with zero attached hydrogens (tertiary/aromatic N) is 1. The monoisotopic (exact) mass is 301 g/mol. The number of fused-ring (bicyclic) bond motifs is 3. The fourth-order valence-electron chi connectivity index (χ4n) is 4.07. The van der Waals surface area contributed by atoms with Gasteiger partial charge in [0.2, 0.25) is 5.91 Å². The Balaban J connectivity index is 1.55. The molecule has 2 aliphatic carbocycles. The second kappa shape index (κ2) is 4.78. The maximum absolute atomic E-state index is 12.6. The van der Waals surface area contributed by atoms with Gasteiger partial charge in [0.15, 0.2) is 0 Å². The van der Waals surface area contributed by atoms with Crippen molar-refractivity contribution in [2.24, 2.45) is 23.5 Å². The summed E-state index contributed by atoms with van der Waals surface area (Å²) < 4.78 is 1.11. The predicted octanol–water partition coefficient (Wildman–Crippen LogP) is 2.92. The van der Waals surface area contributed by atoms with Gasteiger partial charge in [-0.2, -0.15) is 0 Å². The zero-order valence-electron chi connectivity index (χ0n) is 12.0. The molecule has 1 aromatic carbocycles. The third-order valence-corrected chi connectivity index (χ3v) is 5.98. The van der Waals surface area contributed by atoms with Crippen LogP contribution < -0.4 is 11.1 Å². The van der Waals surface area contributed by atoms with Gasteiger partial charge in [-0.1, -0.05) is 0 Å². The maximum Gasteiger partial charge on any atom is 0.229 e. The molecule has 0 radical (unpaired) electrons. The molecular formula is C16H19N3OS. The minimum Gasteiger partial charge on any atom is -0.327 e. The van der Waals surface area contributed by atoms with E-state index in [1.54, 1.807) is 11.3 Å². The van der Waals surface area contributed by atoms with Crippen molar-refractivity contribution in [3.8, 4) is 0 Å². The summed E-state index contributed by atoms with van der Waals surface area (Å²) in [4.78, 5) is 17.0. The van der Waals surface area contributed by atoms with Gasteiger partial charge in [0.05, 0.1) is 21.1 Å². The van der Waals surface area contributed by atoms with Crippen LogP contribution in [-0.4, -0.2) is 16.9 Å². The number of hydrogen-bond donors (Lipinski definition) is 2. The molecular weight excluding hydrogens is 282 g/mol. The summed E-state index contributed by atoms with van der Waals surface area (Å²) in [7, 11) is 0. The third-order valence-electron chi connectivity index (χ3n) is 5.05. The van der Waals surface area contributed by atoms with Crippen molar-refractivity contribution in [2.75, 3.05) is 5.32 Å². The molecule has 1 aromatic heterocycles. The van der Waals surface area contributed by atoms with Crippen molar-refractivity contribution in [3.05, 3.63) is 23.2 Å². The molecule has 2 aromatic rings. The lowest BCUT2D eigenvalue weighted by atomic mass is 9.84. The van der Waals surface area contributed by atoms with E-state index in [4.69, 9.17) is 5.73 Å². The molecule has 1 amide bonds. The summed E-state index contributed by atoms with van der Waals surface area (Å²) >= 11 is 1.65. The van der Waals surface area contributed by atoms with Crippen LogP contribution in [0.5, 0.6) is 0 Å². The molecule has 4 nitrogen and oxygen atoms in total. The lowest BCUT2D eigenvalue weighted by Crippen LogP contribution is -2.42. The Kier molecular flexibility index (Phi) is 3.01. The van der Waals surface area contributed by atoms with Gasteiger partial charge in [-0.25, -0.2) is 4.98 Å². The van der Waals surface area contributed by atoms with E-state index in [1.165, 1.54) is 6.42 Å². The summed E-state index contributed by atoms with van der Waals surface area (Å²) in [5.74, 6) is 1.12. The molecule has 0 aliphatic heterocycles. The SMILES string of the molecule is Cc1nc2ccc(NC(=O)C3C4CCC(C4)C3N)cc2s1. The number of nitrogens with one attached hydrogen (secondary N) is 1. The molecule has 21 heavy (non-hydrogen) atoms. The fourth-order valence-corrected chi connectivity index (χ4v) is 4.93. The Bertz CT molecular complexity index is 709. The Labute approximate surface area is 127 Å². The highest BCUT2D eigenvalue weighted by molar-refractivity contribution is 7.18. The van der Waals surface area contributed by atoms with Gasteiger partial charge in [-0.05, 0) is 56.2 Å². The maximum atomic E-state index is 12.6. The number of rotatable bonds is 2. The first-order valence-corrected chi connectivity index (χ1v) is 8.37. The molecule has 3 N–H and O–H groups in total. The highest BCUT2D eigenvalue weighted by Crippen LogP contribution is 2.47. The lowest BCUT2D eigenvalue weighted by Gasteiger charge is -2.27. The van der Waals surface area contributed by atoms with Gasteiger partial charge in [-0.15, -0.1) is 11.3 Å². The van der Waals surface area contributed by atoms with Gasteiger partial charge in [0.1, 0.15) is 0 Å². The zero-order valence-corrected chi connectivity index (χ0v) is 12.8. The summed E-state index contributed by atoms with van der Waals surface area (Å²) in [6.45, 7) is 2.00. The van der Waals surface area contributed by atoms with E-state index in [0.29, 0.717) is 11.8 Å². The van der Waals surface area contributed by atoms with Crippen molar-refractivity contribution in [1.29, 1.82) is 0 Å². The van der Waals surface area contributed by atoms with Crippen LogP contribution in [0.1, 0.15) is 24.3 Å². The van der Waals surface area contributed by atoms with E-state index in [-0.39, 0.29) is 17.9 Å². The van der Waals surface area contributed by atoms with Crippen LogP contribution in [-0.2, 0) is 4.79 Å². The van der Waals surface area contributed by atoms with E-state index >= 15 is 0 Å². The first kappa shape index (κ1) is 13.2. The normalized spacial score (nSPS) is 31.0. The Hall–Kier alpha value is -1.46. The molecule has 2 fully saturated rings. The molecule has 2 bridgehead atoms. The van der Waals surface area contributed by atoms with Crippen molar-refractivity contribution < 1.29 is 4.79 Å². The molecule has 110 valence electrons. The van der Waals surface area contributed by atoms with Gasteiger partial charge in [0, 0.05) is 11.7 Å². The van der Waals surface area contributed by atoms with E-state index in [2.05, 4.69) is 10.3 Å². The number of hydrogen-bond acceptors (Lipinski definition) is 4. The minimum absolute atomic E-state index is 0.0114. The average molecular weight is 301 g/mol. The first-order valence-electron chi connectivity index (χ1n) is 7.55. The zero-order chi connectivity index (χ0) is 14.6. The highest BCUT2D eigenvalue weighted by atomic mass is 32.1. The number of anilines is 1. The van der Waals surface area contributed by atoms with Gasteiger partial charge >= 0.3 is 0 Å². The van der Waals surface area contributed by atoms with Gasteiger partial charge in [-0.3, -0.25) is 4.79 Å². The van der Waals surface area contributed by atoms with Crippen LogP contribution in [0.25, 0.3) is 10.2 Å². The summed E-state index contributed by atoms with van der Waals surface area (Å²) in [5, 5.41) is 4.11. The van der Waals surface area contributed by atoms with E-state index in [1.807, 2.05) is 25.1 Å². The average Bonchev–Trinajstić information content (AvgIpc) is 3.10. The van der Waals surface area contributed by atoms with Crippen LogP contribution in [0, 0.1) is 24.7 Å². The highest BCUT2D eigenvalue weighted by Gasteiger charge is 2.49. The topological polar surface area (TPSA) is 68.0 Å². The molecule has 0 spiro atoms. The summed E-state index contributed by atoms with van der Waals surface area (Å²) in [5.41, 5.74) is 8.09. The molecule has 2 saturated carbocycles. The third kappa shape index (κ3) is 2.15. The van der Waals surface area contributed by atoms with E-state index < -0.39 is 0 Å². The fraction of sp³-hybridized carbons (Fsp3) is 0.500. The Morgan fingerprint density at radius 2 is 2.19 bits per heavy atom. The largest absolute Gasteiger partial charge is 0.327 e. The molecule has 4 unspecified atom stereocenters. The summed E-state index contributed by atoms with van der Waals surface area (Å²) in [6, 6.07) is 5.95. The second-order valence-electron chi connectivity index (χ2n) is 6.34. The van der Waals surface area contributed by atoms with E-state index in [9.17, 15) is 4.79 Å². The number of amides is 1. The van der Waals surface area contributed by atoms with Gasteiger partial charge in [0.25, 0.3) is 0 Å². The molecule has 4 atom stereocenters. The molecule has 1 heterocycles. The first-order chi connectivity index (χ1) is 10.1. The molecule has 4 rings (SSSR count). The minimum atomic E-state index is -0.0114. The van der Waals surface area contributed by atoms with Crippen LogP contribution in [0.4, 0.5) is 5.69 Å². The Morgan fingerprint density at radius 1 is 1.38 bits per heavy atom.